The summed E-state index contributed by atoms with van der Waals surface area (Å²) in [5.74, 6) is -0.516. The maximum Gasteiger partial charge on any atom is 0.257 e. The zero-order valence-electron chi connectivity index (χ0n) is 15.2. The van der Waals surface area contributed by atoms with Gasteiger partial charge in [-0.05, 0) is 35.9 Å². The van der Waals surface area contributed by atoms with Crippen LogP contribution in [0.2, 0.25) is 0 Å². The number of hydrogen-bond acceptors (Lipinski definition) is 6. The van der Waals surface area contributed by atoms with Crippen molar-refractivity contribution in [1.29, 1.82) is 0 Å². The van der Waals surface area contributed by atoms with E-state index in [1.54, 1.807) is 11.3 Å². The molecule has 0 radical (unpaired) electrons. The summed E-state index contributed by atoms with van der Waals surface area (Å²) in [6, 6.07) is 12.1. The van der Waals surface area contributed by atoms with Crippen LogP contribution in [0.1, 0.15) is 17.7 Å². The first kappa shape index (κ1) is 18.6. The SMILES string of the molecule is O=C(Cc1csc(-c2cccs2)n1)NNC(=O)CN1CCCc2ccccc21. The molecule has 8 heteroatoms. The molecule has 2 N–H and O–H groups in total. The second-order valence-corrected chi connectivity index (χ2v) is 8.35. The molecule has 0 unspecified atom stereocenters. The van der Waals surface area contributed by atoms with E-state index in [9.17, 15) is 9.59 Å². The fraction of sp³-hybridized carbons (Fsp3) is 0.250. The summed E-state index contributed by atoms with van der Waals surface area (Å²) in [5, 5.41) is 4.78. The van der Waals surface area contributed by atoms with Gasteiger partial charge in [-0.15, -0.1) is 22.7 Å². The third-order valence-electron chi connectivity index (χ3n) is 4.51. The van der Waals surface area contributed by atoms with E-state index in [2.05, 4.69) is 21.9 Å². The number of benzene rings is 1. The van der Waals surface area contributed by atoms with Crippen LogP contribution in [0.3, 0.4) is 0 Å². The molecular weight excluding hydrogens is 392 g/mol. The summed E-state index contributed by atoms with van der Waals surface area (Å²) in [6.45, 7) is 1.05. The lowest BCUT2D eigenvalue weighted by atomic mass is 10.0. The molecule has 0 saturated carbocycles. The Labute approximate surface area is 171 Å². The number of hydrogen-bond donors (Lipinski definition) is 2. The van der Waals surface area contributed by atoms with Crippen LogP contribution in [0.15, 0.2) is 47.2 Å². The van der Waals surface area contributed by atoms with Gasteiger partial charge in [-0.25, -0.2) is 4.98 Å². The Morgan fingerprint density at radius 1 is 1.07 bits per heavy atom. The van der Waals surface area contributed by atoms with Crippen LogP contribution in [0.5, 0.6) is 0 Å². The average molecular weight is 413 g/mol. The maximum atomic E-state index is 12.3. The molecule has 0 saturated heterocycles. The van der Waals surface area contributed by atoms with E-state index in [0.29, 0.717) is 5.69 Å². The Morgan fingerprint density at radius 3 is 2.79 bits per heavy atom. The molecule has 0 atom stereocenters. The van der Waals surface area contributed by atoms with Gasteiger partial charge in [-0.2, -0.15) is 0 Å². The Kier molecular flexibility index (Phi) is 5.68. The molecule has 3 aromatic rings. The van der Waals surface area contributed by atoms with E-state index < -0.39 is 0 Å². The summed E-state index contributed by atoms with van der Waals surface area (Å²) in [4.78, 5) is 32.0. The number of amides is 2. The highest BCUT2D eigenvalue weighted by atomic mass is 32.1. The topological polar surface area (TPSA) is 74.3 Å². The van der Waals surface area contributed by atoms with Crippen molar-refractivity contribution in [2.24, 2.45) is 0 Å². The molecule has 1 aliphatic rings. The van der Waals surface area contributed by atoms with Crippen LogP contribution in [-0.4, -0.2) is 29.9 Å². The monoisotopic (exact) mass is 412 g/mol. The third kappa shape index (κ3) is 4.40. The van der Waals surface area contributed by atoms with Crippen LogP contribution in [-0.2, 0) is 22.4 Å². The van der Waals surface area contributed by atoms with Crippen molar-refractivity contribution in [1.82, 2.24) is 15.8 Å². The first-order valence-corrected chi connectivity index (χ1v) is 10.8. The van der Waals surface area contributed by atoms with Crippen molar-refractivity contribution >= 4 is 40.2 Å². The van der Waals surface area contributed by atoms with Crippen LogP contribution < -0.4 is 15.8 Å². The second-order valence-electron chi connectivity index (χ2n) is 6.55. The Morgan fingerprint density at radius 2 is 1.93 bits per heavy atom. The van der Waals surface area contributed by atoms with E-state index in [0.717, 1.165) is 35.0 Å². The van der Waals surface area contributed by atoms with Gasteiger partial charge in [-0.3, -0.25) is 20.4 Å². The number of nitrogens with one attached hydrogen (secondary N) is 2. The number of thiophene rings is 1. The number of nitrogens with zero attached hydrogens (tertiary/aromatic N) is 2. The minimum absolute atomic E-state index is 0.134. The quantitative estimate of drug-likeness (QED) is 0.632. The third-order valence-corrected chi connectivity index (χ3v) is 6.44. The summed E-state index contributed by atoms with van der Waals surface area (Å²) >= 11 is 3.14. The van der Waals surface area contributed by atoms with E-state index in [1.807, 2.05) is 46.0 Å². The smallest absolute Gasteiger partial charge is 0.257 e. The number of thiazole rings is 1. The maximum absolute atomic E-state index is 12.3. The molecule has 1 aliphatic heterocycles. The van der Waals surface area contributed by atoms with Crippen molar-refractivity contribution in [2.45, 2.75) is 19.3 Å². The molecule has 2 amide bonds. The van der Waals surface area contributed by atoms with Gasteiger partial charge in [-0.1, -0.05) is 24.3 Å². The number of hydrazine groups is 1. The number of rotatable bonds is 5. The van der Waals surface area contributed by atoms with Gasteiger partial charge in [0.15, 0.2) is 0 Å². The summed E-state index contributed by atoms with van der Waals surface area (Å²) in [5.41, 5.74) is 8.06. The molecular formula is C20H20N4O2S2. The number of fused-ring (bicyclic) bond motifs is 1. The molecule has 2 aromatic heterocycles. The fourth-order valence-electron chi connectivity index (χ4n) is 3.24. The lowest BCUT2D eigenvalue weighted by Crippen LogP contribution is -2.47. The number of para-hydroxylation sites is 1. The lowest BCUT2D eigenvalue weighted by molar-refractivity contribution is -0.127. The van der Waals surface area contributed by atoms with Gasteiger partial charge >= 0.3 is 0 Å². The molecule has 28 heavy (non-hydrogen) atoms. The lowest BCUT2D eigenvalue weighted by Gasteiger charge is -2.30. The van der Waals surface area contributed by atoms with Crippen molar-refractivity contribution < 1.29 is 9.59 Å². The van der Waals surface area contributed by atoms with Gasteiger partial charge in [0.1, 0.15) is 5.01 Å². The van der Waals surface area contributed by atoms with Gasteiger partial charge in [0.2, 0.25) is 5.91 Å². The fourth-order valence-corrected chi connectivity index (χ4v) is 4.87. The zero-order valence-corrected chi connectivity index (χ0v) is 16.8. The Bertz CT molecular complexity index is 968. The van der Waals surface area contributed by atoms with E-state index in [-0.39, 0.29) is 24.8 Å². The average Bonchev–Trinajstić information content (AvgIpc) is 3.38. The molecule has 0 aliphatic carbocycles. The molecule has 0 spiro atoms. The molecule has 144 valence electrons. The van der Waals surface area contributed by atoms with Gasteiger partial charge < -0.3 is 4.90 Å². The number of carbonyl (C=O) groups is 2. The van der Waals surface area contributed by atoms with Crippen molar-refractivity contribution in [2.75, 3.05) is 18.0 Å². The largest absolute Gasteiger partial charge is 0.362 e. The highest BCUT2D eigenvalue weighted by molar-refractivity contribution is 7.20. The van der Waals surface area contributed by atoms with Crippen molar-refractivity contribution in [3.8, 4) is 9.88 Å². The summed E-state index contributed by atoms with van der Waals surface area (Å²) in [7, 11) is 0. The second kappa shape index (κ2) is 8.53. The predicted molar refractivity (Wildman–Crippen MR) is 112 cm³/mol. The van der Waals surface area contributed by atoms with E-state index >= 15 is 0 Å². The van der Waals surface area contributed by atoms with Gasteiger partial charge in [0.05, 0.1) is 23.5 Å². The van der Waals surface area contributed by atoms with E-state index in [4.69, 9.17) is 0 Å². The molecule has 6 nitrogen and oxygen atoms in total. The first-order chi connectivity index (χ1) is 13.7. The van der Waals surface area contributed by atoms with Crippen LogP contribution in [0.25, 0.3) is 9.88 Å². The number of anilines is 1. The van der Waals surface area contributed by atoms with Crippen LogP contribution in [0, 0.1) is 0 Å². The Balaban J connectivity index is 1.27. The van der Waals surface area contributed by atoms with Crippen LogP contribution in [0.4, 0.5) is 5.69 Å². The number of carbonyl (C=O) groups excluding carboxylic acids is 2. The molecule has 4 rings (SSSR count). The summed E-state index contributed by atoms with van der Waals surface area (Å²) < 4.78 is 0. The summed E-state index contributed by atoms with van der Waals surface area (Å²) in [6.07, 6.45) is 2.19. The predicted octanol–water partition coefficient (Wildman–Crippen LogP) is 3.01. The van der Waals surface area contributed by atoms with E-state index in [1.165, 1.54) is 16.9 Å². The molecule has 0 bridgehead atoms. The minimum Gasteiger partial charge on any atom is -0.362 e. The van der Waals surface area contributed by atoms with Crippen LogP contribution >= 0.6 is 22.7 Å². The Hall–Kier alpha value is -2.71. The van der Waals surface area contributed by atoms with Gasteiger partial charge in [0, 0.05) is 17.6 Å². The van der Waals surface area contributed by atoms with Crippen molar-refractivity contribution in [3.63, 3.8) is 0 Å². The molecule has 1 aromatic carbocycles. The number of aromatic nitrogens is 1. The standard InChI is InChI=1S/C20H20N4O2S2/c25-18(11-15-13-28-20(21-15)17-8-4-10-27-17)22-23-19(26)12-24-9-3-6-14-5-1-2-7-16(14)24/h1-2,4-5,7-8,10,13H,3,6,9,11-12H2,(H,22,25)(H,23,26). The van der Waals surface area contributed by atoms with Crippen molar-refractivity contribution in [3.05, 3.63) is 58.4 Å². The highest BCUT2D eigenvalue weighted by Crippen LogP contribution is 2.28. The highest BCUT2D eigenvalue weighted by Gasteiger charge is 2.19. The zero-order chi connectivity index (χ0) is 19.3. The first-order valence-electron chi connectivity index (χ1n) is 9.08. The minimum atomic E-state index is -0.282. The normalized spacial score (nSPS) is 13.1. The molecule has 3 heterocycles. The van der Waals surface area contributed by atoms with Gasteiger partial charge in [0.25, 0.3) is 5.91 Å². The number of aryl methyl sites for hydroxylation is 1. The molecule has 0 fully saturated rings.